The smallest absolute Gasteiger partial charge is 0.0534 e. The lowest BCUT2D eigenvalue weighted by atomic mass is 10.2. The molecule has 0 aromatic carbocycles. The Morgan fingerprint density at radius 2 is 2.44 bits per heavy atom. The topological polar surface area (TPSA) is 58.5 Å². The highest BCUT2D eigenvalue weighted by Gasteiger charge is 2.04. The average Bonchev–Trinajstić information content (AvgIpc) is 2.89. The highest BCUT2D eigenvalue weighted by atomic mass is 15.3. The molecule has 5 nitrogen and oxygen atoms in total. The van der Waals surface area contributed by atoms with E-state index in [0.717, 1.165) is 18.8 Å². The predicted molar refractivity (Wildman–Crippen MR) is 62.0 cm³/mol. The van der Waals surface area contributed by atoms with Crippen LogP contribution in [0.25, 0.3) is 0 Å². The van der Waals surface area contributed by atoms with Gasteiger partial charge in [-0.1, -0.05) is 0 Å². The number of H-pyrrole nitrogens is 1. The van der Waals surface area contributed by atoms with Crippen LogP contribution in [0, 0.1) is 6.92 Å². The molecular weight excluding hydrogens is 202 g/mol. The van der Waals surface area contributed by atoms with Gasteiger partial charge in [-0.05, 0) is 25.5 Å². The van der Waals surface area contributed by atoms with Crippen LogP contribution in [0.2, 0.25) is 0 Å². The molecule has 16 heavy (non-hydrogen) atoms. The fourth-order valence-electron chi connectivity index (χ4n) is 1.60. The highest BCUT2D eigenvalue weighted by molar-refractivity contribution is 5.03. The Morgan fingerprint density at radius 1 is 1.56 bits per heavy atom. The van der Waals surface area contributed by atoms with E-state index in [1.165, 1.54) is 5.56 Å². The molecule has 2 rings (SSSR count). The summed E-state index contributed by atoms with van der Waals surface area (Å²) < 4.78 is 1.95. The molecule has 1 unspecified atom stereocenters. The molecule has 0 saturated heterocycles. The average molecular weight is 219 g/mol. The van der Waals surface area contributed by atoms with E-state index in [1.54, 1.807) is 6.20 Å². The van der Waals surface area contributed by atoms with Crippen LogP contribution in [0.4, 0.5) is 0 Å². The summed E-state index contributed by atoms with van der Waals surface area (Å²) in [6, 6.07) is 2.27. The normalized spacial score (nSPS) is 12.9. The molecule has 1 atom stereocenters. The van der Waals surface area contributed by atoms with E-state index in [-0.39, 0.29) is 0 Å². The first kappa shape index (κ1) is 10.9. The van der Waals surface area contributed by atoms with Crippen LogP contribution in [-0.4, -0.2) is 26.5 Å². The minimum Gasteiger partial charge on any atom is -0.307 e. The molecule has 86 valence electrons. The Morgan fingerprint density at radius 3 is 3.06 bits per heavy atom. The maximum Gasteiger partial charge on any atom is 0.0534 e. The van der Waals surface area contributed by atoms with Gasteiger partial charge in [0, 0.05) is 25.0 Å². The number of nitrogens with one attached hydrogen (secondary N) is 2. The van der Waals surface area contributed by atoms with E-state index < -0.39 is 0 Å². The van der Waals surface area contributed by atoms with Gasteiger partial charge in [0.2, 0.25) is 0 Å². The van der Waals surface area contributed by atoms with Crippen LogP contribution < -0.4 is 5.32 Å². The SMILES string of the molecule is Cc1cnn(CCNC(C)c2ccn[nH]2)c1. The molecule has 0 radical (unpaired) electrons. The zero-order valence-electron chi connectivity index (χ0n) is 9.64. The van der Waals surface area contributed by atoms with Crippen LogP contribution in [0.5, 0.6) is 0 Å². The monoisotopic (exact) mass is 219 g/mol. The van der Waals surface area contributed by atoms with Gasteiger partial charge in [-0.2, -0.15) is 10.2 Å². The quantitative estimate of drug-likeness (QED) is 0.796. The number of rotatable bonds is 5. The second-order valence-corrected chi connectivity index (χ2v) is 3.97. The van der Waals surface area contributed by atoms with Gasteiger partial charge >= 0.3 is 0 Å². The molecule has 2 N–H and O–H groups in total. The molecule has 2 aromatic heterocycles. The molecule has 0 bridgehead atoms. The fourth-order valence-corrected chi connectivity index (χ4v) is 1.60. The molecular formula is C11H17N5. The summed E-state index contributed by atoms with van der Waals surface area (Å²) in [5.74, 6) is 0. The summed E-state index contributed by atoms with van der Waals surface area (Å²) in [5, 5.41) is 14.5. The minimum atomic E-state index is 0.291. The fraction of sp³-hybridized carbons (Fsp3) is 0.455. The molecule has 2 heterocycles. The van der Waals surface area contributed by atoms with E-state index in [1.807, 2.05) is 30.1 Å². The predicted octanol–water partition coefficient (Wildman–Crippen LogP) is 1.27. The summed E-state index contributed by atoms with van der Waals surface area (Å²) in [4.78, 5) is 0. The Kier molecular flexibility index (Phi) is 3.36. The van der Waals surface area contributed by atoms with E-state index in [4.69, 9.17) is 0 Å². The van der Waals surface area contributed by atoms with Gasteiger partial charge in [-0.3, -0.25) is 9.78 Å². The minimum absolute atomic E-state index is 0.291. The Hall–Kier alpha value is -1.62. The molecule has 0 amide bonds. The first-order valence-corrected chi connectivity index (χ1v) is 5.47. The summed E-state index contributed by atoms with van der Waals surface area (Å²) in [6.07, 6.45) is 5.69. The molecule has 5 heteroatoms. The maximum absolute atomic E-state index is 4.23. The van der Waals surface area contributed by atoms with Gasteiger partial charge in [-0.25, -0.2) is 0 Å². The lowest BCUT2D eigenvalue weighted by Gasteiger charge is -2.11. The van der Waals surface area contributed by atoms with Gasteiger partial charge < -0.3 is 5.32 Å². The summed E-state index contributed by atoms with van der Waals surface area (Å²) >= 11 is 0. The number of nitrogens with zero attached hydrogens (tertiary/aromatic N) is 3. The van der Waals surface area contributed by atoms with Crippen molar-refractivity contribution in [3.8, 4) is 0 Å². The van der Waals surface area contributed by atoms with E-state index in [9.17, 15) is 0 Å². The first-order valence-electron chi connectivity index (χ1n) is 5.47. The van der Waals surface area contributed by atoms with Crippen LogP contribution in [0.15, 0.2) is 24.7 Å². The standard InChI is InChI=1S/C11H17N5/c1-9-7-14-16(8-9)6-5-12-10(2)11-3-4-13-15-11/h3-4,7-8,10,12H,5-6H2,1-2H3,(H,13,15). The first-order chi connectivity index (χ1) is 7.75. The summed E-state index contributed by atoms with van der Waals surface area (Å²) in [6.45, 7) is 5.93. The van der Waals surface area contributed by atoms with Crippen molar-refractivity contribution in [1.82, 2.24) is 25.3 Å². The van der Waals surface area contributed by atoms with Crippen molar-refractivity contribution in [2.24, 2.45) is 0 Å². The maximum atomic E-state index is 4.23. The van der Waals surface area contributed by atoms with Crippen molar-refractivity contribution < 1.29 is 0 Å². The van der Waals surface area contributed by atoms with E-state index in [2.05, 4.69) is 27.5 Å². The lowest BCUT2D eigenvalue weighted by Crippen LogP contribution is -2.23. The third-order valence-electron chi connectivity index (χ3n) is 2.54. The molecule has 2 aromatic rings. The molecule has 0 fully saturated rings. The Labute approximate surface area is 94.9 Å². The molecule has 0 aliphatic rings. The van der Waals surface area contributed by atoms with Gasteiger partial charge in [0.25, 0.3) is 0 Å². The third kappa shape index (κ3) is 2.70. The Bertz CT molecular complexity index is 417. The van der Waals surface area contributed by atoms with Crippen molar-refractivity contribution in [3.05, 3.63) is 35.9 Å². The second-order valence-electron chi connectivity index (χ2n) is 3.97. The van der Waals surface area contributed by atoms with Crippen LogP contribution in [-0.2, 0) is 6.54 Å². The number of aromatic amines is 1. The van der Waals surface area contributed by atoms with E-state index in [0.29, 0.717) is 6.04 Å². The molecule has 0 saturated carbocycles. The van der Waals surface area contributed by atoms with Crippen molar-refractivity contribution in [1.29, 1.82) is 0 Å². The van der Waals surface area contributed by atoms with Crippen molar-refractivity contribution in [2.75, 3.05) is 6.54 Å². The molecule has 0 aliphatic heterocycles. The highest BCUT2D eigenvalue weighted by Crippen LogP contribution is 2.06. The number of hydrogen-bond donors (Lipinski definition) is 2. The van der Waals surface area contributed by atoms with Crippen molar-refractivity contribution >= 4 is 0 Å². The van der Waals surface area contributed by atoms with Gasteiger partial charge in [0.1, 0.15) is 0 Å². The third-order valence-corrected chi connectivity index (χ3v) is 2.54. The lowest BCUT2D eigenvalue weighted by molar-refractivity contribution is 0.500. The van der Waals surface area contributed by atoms with Crippen molar-refractivity contribution in [2.45, 2.75) is 26.4 Å². The van der Waals surface area contributed by atoms with Crippen LogP contribution in [0.3, 0.4) is 0 Å². The van der Waals surface area contributed by atoms with Gasteiger partial charge in [0.15, 0.2) is 0 Å². The Balaban J connectivity index is 1.76. The number of aromatic nitrogens is 4. The summed E-state index contributed by atoms with van der Waals surface area (Å²) in [7, 11) is 0. The molecule has 0 spiro atoms. The molecule has 0 aliphatic carbocycles. The summed E-state index contributed by atoms with van der Waals surface area (Å²) in [5.41, 5.74) is 2.30. The van der Waals surface area contributed by atoms with Crippen molar-refractivity contribution in [3.63, 3.8) is 0 Å². The van der Waals surface area contributed by atoms with Crippen LogP contribution >= 0.6 is 0 Å². The van der Waals surface area contributed by atoms with Gasteiger partial charge in [0.05, 0.1) is 18.4 Å². The number of hydrogen-bond acceptors (Lipinski definition) is 3. The van der Waals surface area contributed by atoms with Crippen LogP contribution in [0.1, 0.15) is 24.2 Å². The number of aryl methyl sites for hydroxylation is 1. The zero-order chi connectivity index (χ0) is 11.4. The zero-order valence-corrected chi connectivity index (χ0v) is 9.64. The second kappa shape index (κ2) is 4.94. The largest absolute Gasteiger partial charge is 0.307 e. The van der Waals surface area contributed by atoms with Gasteiger partial charge in [-0.15, -0.1) is 0 Å². The van der Waals surface area contributed by atoms with E-state index >= 15 is 0 Å².